The van der Waals surface area contributed by atoms with E-state index in [0.29, 0.717) is 0 Å². The van der Waals surface area contributed by atoms with Crippen LogP contribution in [0.15, 0.2) is 11.4 Å². The summed E-state index contributed by atoms with van der Waals surface area (Å²) in [6, 6.07) is 3.19. The third kappa shape index (κ3) is 1.85. The number of nitriles is 2. The minimum atomic E-state index is -0.217. The monoisotopic (exact) mass is 135 g/mol. The number of nitrogens with zero attached hydrogens (tertiary/aromatic N) is 2. The normalized spacial score (nSPS) is 10.2. The fourth-order valence-corrected chi connectivity index (χ4v) is 0.298. The molecule has 0 amide bonds. The molecule has 0 aliphatic rings. The van der Waals surface area contributed by atoms with Gasteiger partial charge in [0.1, 0.15) is 17.8 Å². The van der Waals surface area contributed by atoms with Crippen LogP contribution >= 0.6 is 0 Å². The summed E-state index contributed by atoms with van der Waals surface area (Å²) in [6.07, 6.45) is 0.781. The lowest BCUT2D eigenvalue weighted by Crippen LogP contribution is -2.14. The summed E-state index contributed by atoms with van der Waals surface area (Å²) >= 11 is 0. The van der Waals surface area contributed by atoms with E-state index < -0.39 is 0 Å². The summed E-state index contributed by atoms with van der Waals surface area (Å²) in [5, 5.41) is 25.1. The molecule has 0 saturated carbocycles. The topological polar surface area (TPSA) is 109 Å². The highest BCUT2D eigenvalue weighted by Crippen LogP contribution is 1.88. The number of hydrogen-bond donors (Lipinski definition) is 3. The maximum absolute atomic E-state index is 8.25. The summed E-state index contributed by atoms with van der Waals surface area (Å²) in [6.45, 7) is 0. The van der Waals surface area contributed by atoms with E-state index in [1.54, 1.807) is 12.1 Å². The van der Waals surface area contributed by atoms with Crippen LogP contribution in [0.1, 0.15) is 0 Å². The molecule has 5 heteroatoms. The molecular formula is C5H5N5. The van der Waals surface area contributed by atoms with E-state index in [0.717, 1.165) is 6.34 Å². The van der Waals surface area contributed by atoms with Gasteiger partial charge in [0.2, 0.25) is 0 Å². The van der Waals surface area contributed by atoms with Gasteiger partial charge >= 0.3 is 0 Å². The summed E-state index contributed by atoms with van der Waals surface area (Å²) in [5.74, 6) is 0. The third-order valence-electron chi connectivity index (χ3n) is 0.718. The van der Waals surface area contributed by atoms with Gasteiger partial charge in [0.25, 0.3) is 0 Å². The maximum Gasteiger partial charge on any atom is 0.152 e. The zero-order chi connectivity index (χ0) is 7.98. The second-order valence-corrected chi connectivity index (χ2v) is 1.30. The van der Waals surface area contributed by atoms with Gasteiger partial charge in [-0.05, 0) is 0 Å². The van der Waals surface area contributed by atoms with Crippen molar-refractivity contribution in [2.24, 2.45) is 5.73 Å². The van der Waals surface area contributed by atoms with Crippen LogP contribution in [0.3, 0.4) is 0 Å². The van der Waals surface area contributed by atoms with Crippen LogP contribution < -0.4 is 11.1 Å². The molecule has 0 spiro atoms. The highest BCUT2D eigenvalue weighted by atomic mass is 14.9. The maximum atomic E-state index is 8.25. The van der Waals surface area contributed by atoms with Gasteiger partial charge in [0.05, 0.1) is 6.34 Å². The Morgan fingerprint density at radius 1 is 1.50 bits per heavy atom. The van der Waals surface area contributed by atoms with Gasteiger partial charge < -0.3 is 11.1 Å². The van der Waals surface area contributed by atoms with E-state index in [2.05, 4.69) is 5.32 Å². The Bertz CT molecular complexity index is 238. The fraction of sp³-hybridized carbons (Fsp3) is 0. The van der Waals surface area contributed by atoms with E-state index in [4.69, 9.17) is 21.7 Å². The molecule has 0 radical (unpaired) electrons. The van der Waals surface area contributed by atoms with Gasteiger partial charge in [0, 0.05) is 0 Å². The Morgan fingerprint density at radius 3 is 2.40 bits per heavy atom. The van der Waals surface area contributed by atoms with Crippen molar-refractivity contribution < 1.29 is 0 Å². The number of allylic oxidation sites excluding steroid dienone is 2. The Labute approximate surface area is 57.9 Å². The molecular weight excluding hydrogens is 130 g/mol. The van der Waals surface area contributed by atoms with Crippen molar-refractivity contribution in [1.82, 2.24) is 5.32 Å². The number of nitrogens with one attached hydrogen (secondary N) is 2. The van der Waals surface area contributed by atoms with Crippen molar-refractivity contribution in [3.05, 3.63) is 11.4 Å². The predicted octanol–water partition coefficient (Wildman–Crippen LogP) is -0.599. The van der Waals surface area contributed by atoms with Crippen LogP contribution in [0.5, 0.6) is 0 Å². The first-order chi connectivity index (χ1) is 4.76. The van der Waals surface area contributed by atoms with Crippen molar-refractivity contribution in [3.8, 4) is 12.1 Å². The molecule has 0 saturated heterocycles. The van der Waals surface area contributed by atoms with Crippen LogP contribution in [0.2, 0.25) is 0 Å². The van der Waals surface area contributed by atoms with Gasteiger partial charge in [-0.15, -0.1) is 0 Å². The molecule has 0 fully saturated rings. The quantitative estimate of drug-likeness (QED) is 0.267. The molecule has 0 aliphatic carbocycles. The Morgan fingerprint density at radius 2 is 2.10 bits per heavy atom. The zero-order valence-corrected chi connectivity index (χ0v) is 5.05. The van der Waals surface area contributed by atoms with Crippen molar-refractivity contribution >= 4 is 6.34 Å². The molecule has 4 N–H and O–H groups in total. The van der Waals surface area contributed by atoms with Crippen molar-refractivity contribution in [2.75, 3.05) is 0 Å². The minimum absolute atomic E-state index is 0.0995. The number of nitrogens with two attached hydrogens (primary N) is 1. The smallest absolute Gasteiger partial charge is 0.152 e. The first-order valence-corrected chi connectivity index (χ1v) is 2.31. The largest absolute Gasteiger partial charge is 0.388 e. The standard InChI is InChI=1S/C5H5N5/c6-1-4(9)5(2-7)10-3-8/h3H,9H2,(H2,8,10)/b5-4+. The predicted molar refractivity (Wildman–Crippen MR) is 34.4 cm³/mol. The van der Waals surface area contributed by atoms with Crippen LogP contribution in [0.4, 0.5) is 0 Å². The van der Waals surface area contributed by atoms with Gasteiger partial charge in [-0.2, -0.15) is 10.5 Å². The lowest BCUT2D eigenvalue weighted by molar-refractivity contribution is 1.14. The molecule has 0 aromatic carbocycles. The van der Waals surface area contributed by atoms with Crippen LogP contribution in [0.25, 0.3) is 0 Å². The van der Waals surface area contributed by atoms with E-state index in [1.807, 2.05) is 0 Å². The number of rotatable bonds is 2. The first-order valence-electron chi connectivity index (χ1n) is 2.31. The highest BCUT2D eigenvalue weighted by molar-refractivity contribution is 5.57. The van der Waals surface area contributed by atoms with Crippen molar-refractivity contribution in [2.45, 2.75) is 0 Å². The average molecular weight is 135 g/mol. The summed E-state index contributed by atoms with van der Waals surface area (Å²) in [4.78, 5) is 0. The Balaban J connectivity index is 4.53. The molecule has 0 aromatic heterocycles. The van der Waals surface area contributed by atoms with E-state index >= 15 is 0 Å². The van der Waals surface area contributed by atoms with E-state index in [1.165, 1.54) is 0 Å². The van der Waals surface area contributed by atoms with Crippen molar-refractivity contribution in [3.63, 3.8) is 0 Å². The molecule has 0 unspecified atom stereocenters. The van der Waals surface area contributed by atoms with Gasteiger partial charge in [-0.1, -0.05) is 0 Å². The molecule has 5 nitrogen and oxygen atoms in total. The van der Waals surface area contributed by atoms with Gasteiger partial charge in [-0.3, -0.25) is 5.41 Å². The fourth-order valence-electron chi connectivity index (χ4n) is 0.298. The van der Waals surface area contributed by atoms with Crippen LogP contribution in [-0.4, -0.2) is 6.34 Å². The SMILES string of the molecule is N#C/C(N)=C(/C#N)NC=N. The molecule has 10 heavy (non-hydrogen) atoms. The molecule has 50 valence electrons. The third-order valence-corrected chi connectivity index (χ3v) is 0.718. The van der Waals surface area contributed by atoms with Gasteiger partial charge in [-0.25, -0.2) is 0 Å². The molecule has 0 aliphatic heterocycles. The van der Waals surface area contributed by atoms with E-state index in [9.17, 15) is 0 Å². The molecule has 0 aromatic rings. The average Bonchev–Trinajstić information content (AvgIpc) is 1.99. The molecule has 0 bridgehead atoms. The Hall–Kier alpha value is -2.01. The number of hydrogen-bond acceptors (Lipinski definition) is 4. The molecule has 0 rings (SSSR count). The highest BCUT2D eigenvalue weighted by Gasteiger charge is 1.97. The van der Waals surface area contributed by atoms with Crippen molar-refractivity contribution in [1.29, 1.82) is 15.9 Å². The second kappa shape index (κ2) is 3.93. The lowest BCUT2D eigenvalue weighted by atomic mass is 10.4. The first kappa shape index (κ1) is 7.99. The molecule has 0 atom stereocenters. The van der Waals surface area contributed by atoms with E-state index in [-0.39, 0.29) is 11.4 Å². The summed E-state index contributed by atoms with van der Waals surface area (Å²) in [7, 11) is 0. The van der Waals surface area contributed by atoms with Gasteiger partial charge in [0.15, 0.2) is 5.70 Å². The molecule has 0 heterocycles. The van der Waals surface area contributed by atoms with Crippen LogP contribution in [-0.2, 0) is 0 Å². The Kier molecular flexibility index (Phi) is 3.14. The van der Waals surface area contributed by atoms with Crippen LogP contribution in [0, 0.1) is 28.1 Å². The lowest BCUT2D eigenvalue weighted by Gasteiger charge is -1.93. The summed E-state index contributed by atoms with van der Waals surface area (Å²) < 4.78 is 0. The zero-order valence-electron chi connectivity index (χ0n) is 5.05. The second-order valence-electron chi connectivity index (χ2n) is 1.30. The minimum Gasteiger partial charge on any atom is -0.388 e. The summed E-state index contributed by atoms with van der Waals surface area (Å²) in [5.41, 5.74) is 4.73.